The molecule has 0 amide bonds. The van der Waals surface area contributed by atoms with Crippen LogP contribution in [0.15, 0.2) is 54.6 Å². The van der Waals surface area contributed by atoms with Crippen molar-refractivity contribution in [3.8, 4) is 22.8 Å². The zero-order valence-corrected chi connectivity index (χ0v) is 17.2. The summed E-state index contributed by atoms with van der Waals surface area (Å²) in [5.41, 5.74) is 6.60. The lowest BCUT2D eigenvalue weighted by molar-refractivity contribution is -0.633. The molecular formula is C27H26NO+. The molecule has 2 heteroatoms. The topological polar surface area (TPSA) is 13.1 Å². The van der Waals surface area contributed by atoms with Gasteiger partial charge in [-0.2, -0.15) is 4.57 Å². The molecule has 0 unspecified atom stereocenters. The van der Waals surface area contributed by atoms with Crippen molar-refractivity contribution in [3.63, 3.8) is 0 Å². The second kappa shape index (κ2) is 6.32. The monoisotopic (exact) mass is 380 g/mol. The predicted molar refractivity (Wildman–Crippen MR) is 119 cm³/mol. The van der Waals surface area contributed by atoms with Gasteiger partial charge in [0.05, 0.1) is 10.9 Å². The smallest absolute Gasteiger partial charge is 0.256 e. The molecule has 0 spiro atoms. The van der Waals surface area contributed by atoms with Crippen LogP contribution >= 0.6 is 0 Å². The molecule has 1 saturated carbocycles. The van der Waals surface area contributed by atoms with E-state index in [1.807, 2.05) is 0 Å². The lowest BCUT2D eigenvalue weighted by Gasteiger charge is -2.24. The van der Waals surface area contributed by atoms with Crippen LogP contribution in [0, 0.1) is 6.92 Å². The molecule has 1 aliphatic heterocycles. The molecule has 1 aromatic heterocycles. The minimum Gasteiger partial charge on any atom is -0.450 e. The van der Waals surface area contributed by atoms with Gasteiger partial charge < -0.3 is 4.74 Å². The molecule has 0 saturated heterocycles. The molecule has 0 atom stereocenters. The van der Waals surface area contributed by atoms with E-state index in [1.165, 1.54) is 76.2 Å². The van der Waals surface area contributed by atoms with Gasteiger partial charge in [0, 0.05) is 17.5 Å². The first-order chi connectivity index (χ1) is 14.2. The fraction of sp³-hybridized carbons (Fsp3) is 0.296. The summed E-state index contributed by atoms with van der Waals surface area (Å²) < 4.78 is 8.87. The van der Waals surface area contributed by atoms with E-state index in [0.29, 0.717) is 5.92 Å². The summed E-state index contributed by atoms with van der Waals surface area (Å²) in [5, 5.41) is 3.83. The number of aromatic nitrogens is 1. The highest BCUT2D eigenvalue weighted by Crippen LogP contribution is 2.48. The van der Waals surface area contributed by atoms with Gasteiger partial charge in [0.25, 0.3) is 5.69 Å². The Kier molecular flexibility index (Phi) is 3.71. The van der Waals surface area contributed by atoms with Crippen molar-refractivity contribution in [3.05, 3.63) is 65.7 Å². The van der Waals surface area contributed by atoms with Gasteiger partial charge in [0.2, 0.25) is 5.52 Å². The van der Waals surface area contributed by atoms with Crippen LogP contribution in [-0.2, 0) is 7.05 Å². The molecule has 1 aliphatic carbocycles. The Bertz CT molecular complexity index is 1280. The molecule has 4 aromatic rings. The van der Waals surface area contributed by atoms with Crippen molar-refractivity contribution >= 4 is 21.7 Å². The number of pyridine rings is 1. The van der Waals surface area contributed by atoms with E-state index >= 15 is 0 Å². The van der Waals surface area contributed by atoms with Crippen LogP contribution in [0.3, 0.4) is 0 Å². The van der Waals surface area contributed by atoms with E-state index in [1.54, 1.807) is 0 Å². The number of fused-ring (bicyclic) bond motifs is 3. The Labute approximate surface area is 171 Å². The van der Waals surface area contributed by atoms with Crippen LogP contribution in [0.25, 0.3) is 32.9 Å². The molecule has 2 heterocycles. The lowest BCUT2D eigenvalue weighted by atomic mass is 9.82. The van der Waals surface area contributed by atoms with Crippen LogP contribution in [0.1, 0.15) is 49.1 Å². The first kappa shape index (κ1) is 17.0. The fourth-order valence-electron chi connectivity index (χ4n) is 5.60. The lowest BCUT2D eigenvalue weighted by Crippen LogP contribution is -2.34. The van der Waals surface area contributed by atoms with Crippen molar-refractivity contribution in [2.45, 2.75) is 44.9 Å². The van der Waals surface area contributed by atoms with E-state index in [9.17, 15) is 0 Å². The molecule has 3 aromatic carbocycles. The number of hydrogen-bond acceptors (Lipinski definition) is 1. The van der Waals surface area contributed by atoms with Gasteiger partial charge in [-0.15, -0.1) is 0 Å². The van der Waals surface area contributed by atoms with Crippen LogP contribution < -0.4 is 9.30 Å². The van der Waals surface area contributed by atoms with Crippen LogP contribution in [0.5, 0.6) is 11.5 Å². The summed E-state index contributed by atoms with van der Waals surface area (Å²) in [4.78, 5) is 0. The highest BCUT2D eigenvalue weighted by molar-refractivity contribution is 6.04. The van der Waals surface area contributed by atoms with Gasteiger partial charge in [0.15, 0.2) is 5.75 Å². The number of rotatable bonds is 1. The Morgan fingerprint density at radius 3 is 2.59 bits per heavy atom. The second-order valence-electron chi connectivity index (χ2n) is 8.74. The van der Waals surface area contributed by atoms with Crippen molar-refractivity contribution in [2.24, 2.45) is 7.05 Å². The minimum atomic E-state index is 0.673. The number of hydrogen-bond donors (Lipinski definition) is 0. The van der Waals surface area contributed by atoms with Crippen LogP contribution in [-0.4, -0.2) is 0 Å². The zero-order chi connectivity index (χ0) is 19.5. The molecule has 6 rings (SSSR count). The van der Waals surface area contributed by atoms with Crippen molar-refractivity contribution in [2.75, 3.05) is 0 Å². The molecule has 0 N–H and O–H groups in total. The quantitative estimate of drug-likeness (QED) is 0.287. The summed E-state index contributed by atoms with van der Waals surface area (Å²) in [6.07, 6.45) is 6.70. The zero-order valence-electron chi connectivity index (χ0n) is 17.2. The van der Waals surface area contributed by atoms with Crippen LogP contribution in [0.2, 0.25) is 0 Å². The summed E-state index contributed by atoms with van der Waals surface area (Å²) in [7, 11) is 2.20. The third-order valence-electron chi connectivity index (χ3n) is 7.04. The molecule has 0 radical (unpaired) electrons. The third kappa shape index (κ3) is 2.45. The number of ether oxygens (including phenoxy) is 1. The Balaban J connectivity index is 1.67. The number of aryl methyl sites for hydroxylation is 2. The molecular weight excluding hydrogens is 354 g/mol. The van der Waals surface area contributed by atoms with Crippen LogP contribution in [0.4, 0.5) is 0 Å². The summed E-state index contributed by atoms with van der Waals surface area (Å²) >= 11 is 0. The van der Waals surface area contributed by atoms with Gasteiger partial charge >= 0.3 is 0 Å². The first-order valence-corrected chi connectivity index (χ1v) is 10.9. The average molecular weight is 381 g/mol. The van der Waals surface area contributed by atoms with E-state index in [-0.39, 0.29) is 0 Å². The van der Waals surface area contributed by atoms with Crippen molar-refractivity contribution < 1.29 is 9.30 Å². The highest BCUT2D eigenvalue weighted by Gasteiger charge is 2.31. The highest BCUT2D eigenvalue weighted by atomic mass is 16.5. The molecule has 1 fully saturated rings. The summed E-state index contributed by atoms with van der Waals surface area (Å²) in [6.45, 7) is 2.21. The van der Waals surface area contributed by atoms with Crippen molar-refractivity contribution in [1.29, 1.82) is 0 Å². The van der Waals surface area contributed by atoms with Crippen molar-refractivity contribution in [1.82, 2.24) is 0 Å². The molecule has 144 valence electrons. The summed E-state index contributed by atoms with van der Waals surface area (Å²) in [5.74, 6) is 2.63. The molecule has 2 aliphatic rings. The van der Waals surface area contributed by atoms with E-state index in [0.717, 1.165) is 11.5 Å². The van der Waals surface area contributed by atoms with Gasteiger partial charge in [0.1, 0.15) is 12.8 Å². The van der Waals surface area contributed by atoms with Gasteiger partial charge in [-0.25, -0.2) is 0 Å². The van der Waals surface area contributed by atoms with E-state index in [2.05, 4.69) is 73.1 Å². The standard InChI is InChI=1S/C27H26NO/c1-17-14-15-19-10-6-13-23-26(19)25(17)27-24(29-23)16-21-20(18-8-4-3-5-9-18)11-7-12-22(21)28(27)2/h6-7,10-16,18H,3-5,8-9H2,1-2H3/q+1. The SMILES string of the molecule is Cc1ccc2cccc3c2c1-c1c(cc2c(C4CCCCC4)cccc2[n+]1C)O3. The first-order valence-electron chi connectivity index (χ1n) is 10.9. The fourth-order valence-corrected chi connectivity index (χ4v) is 5.60. The maximum atomic E-state index is 6.51. The Hall–Kier alpha value is -2.87. The number of benzene rings is 3. The third-order valence-corrected chi connectivity index (χ3v) is 7.04. The minimum absolute atomic E-state index is 0.673. The van der Waals surface area contributed by atoms with E-state index in [4.69, 9.17) is 4.74 Å². The largest absolute Gasteiger partial charge is 0.450 e. The van der Waals surface area contributed by atoms with Gasteiger partial charge in [-0.1, -0.05) is 55.7 Å². The Morgan fingerprint density at radius 1 is 0.897 bits per heavy atom. The molecule has 2 nitrogen and oxygen atoms in total. The second-order valence-corrected chi connectivity index (χ2v) is 8.74. The van der Waals surface area contributed by atoms with E-state index < -0.39 is 0 Å². The number of nitrogens with zero attached hydrogens (tertiary/aromatic N) is 1. The Morgan fingerprint density at radius 2 is 1.72 bits per heavy atom. The predicted octanol–water partition coefficient (Wildman–Crippen LogP) is 6.95. The normalized spacial score (nSPS) is 16.1. The average Bonchev–Trinajstić information content (AvgIpc) is 2.76. The molecule has 0 bridgehead atoms. The molecule has 29 heavy (non-hydrogen) atoms. The maximum absolute atomic E-state index is 6.51. The maximum Gasteiger partial charge on any atom is 0.256 e. The van der Waals surface area contributed by atoms with Gasteiger partial charge in [-0.3, -0.25) is 0 Å². The summed E-state index contributed by atoms with van der Waals surface area (Å²) in [6, 6.07) is 20.0. The van der Waals surface area contributed by atoms with Gasteiger partial charge in [-0.05, 0) is 48.3 Å².